The van der Waals surface area contributed by atoms with Gasteiger partial charge in [-0.1, -0.05) is 18.2 Å². The molecule has 0 amide bonds. The first-order valence-corrected chi connectivity index (χ1v) is 11.3. The Kier molecular flexibility index (Phi) is 5.03. The molecule has 5 nitrogen and oxygen atoms in total. The number of hydrogen-bond donors (Lipinski definition) is 0. The summed E-state index contributed by atoms with van der Waals surface area (Å²) >= 11 is 1.71. The van der Waals surface area contributed by atoms with Crippen LogP contribution in [0.5, 0.6) is 0 Å². The molecule has 2 aromatic carbocycles. The molecule has 0 N–H and O–H groups in total. The first-order valence-electron chi connectivity index (χ1n) is 9.08. The molecule has 1 aliphatic rings. The van der Waals surface area contributed by atoms with E-state index in [0.29, 0.717) is 18.0 Å². The summed E-state index contributed by atoms with van der Waals surface area (Å²) in [6.07, 6.45) is 0. The van der Waals surface area contributed by atoms with Crippen molar-refractivity contribution in [2.75, 3.05) is 26.2 Å². The first-order chi connectivity index (χ1) is 12.9. The maximum atomic E-state index is 12.9. The number of thiazole rings is 1. The van der Waals surface area contributed by atoms with Gasteiger partial charge in [0.05, 0.1) is 21.7 Å². The molecule has 1 saturated heterocycles. The molecule has 142 valence electrons. The van der Waals surface area contributed by atoms with E-state index in [1.54, 1.807) is 27.8 Å². The molecule has 0 unspecified atom stereocenters. The number of aryl methyl sites for hydroxylation is 2. The van der Waals surface area contributed by atoms with Crippen LogP contribution in [0, 0.1) is 13.8 Å². The second kappa shape index (κ2) is 7.31. The van der Waals surface area contributed by atoms with Gasteiger partial charge in [-0.15, -0.1) is 11.3 Å². The van der Waals surface area contributed by atoms with Crippen LogP contribution in [0.2, 0.25) is 0 Å². The maximum Gasteiger partial charge on any atom is 0.243 e. The quantitative estimate of drug-likeness (QED) is 0.672. The molecule has 2 heterocycles. The van der Waals surface area contributed by atoms with Gasteiger partial charge in [-0.05, 0) is 49.2 Å². The van der Waals surface area contributed by atoms with Crippen molar-refractivity contribution in [3.8, 4) is 0 Å². The van der Waals surface area contributed by atoms with Crippen molar-refractivity contribution in [2.24, 2.45) is 0 Å². The Labute approximate surface area is 164 Å². The summed E-state index contributed by atoms with van der Waals surface area (Å²) in [6, 6.07) is 13.5. The number of aromatic nitrogens is 1. The van der Waals surface area contributed by atoms with Gasteiger partial charge in [0.1, 0.15) is 5.01 Å². The third kappa shape index (κ3) is 3.78. The number of sulfonamides is 1. The zero-order valence-electron chi connectivity index (χ0n) is 15.6. The van der Waals surface area contributed by atoms with Crippen LogP contribution in [0.25, 0.3) is 10.2 Å². The van der Waals surface area contributed by atoms with Crippen LogP contribution in [0.4, 0.5) is 0 Å². The molecule has 1 aromatic heterocycles. The fraction of sp³-hybridized carbons (Fsp3) is 0.350. The van der Waals surface area contributed by atoms with Gasteiger partial charge in [-0.25, -0.2) is 13.4 Å². The van der Waals surface area contributed by atoms with Crippen molar-refractivity contribution in [1.29, 1.82) is 0 Å². The molecule has 0 atom stereocenters. The van der Waals surface area contributed by atoms with Crippen molar-refractivity contribution >= 4 is 31.6 Å². The second-order valence-electron chi connectivity index (χ2n) is 7.00. The third-order valence-corrected chi connectivity index (χ3v) is 8.06. The average molecular weight is 402 g/mol. The topological polar surface area (TPSA) is 53.5 Å². The van der Waals surface area contributed by atoms with E-state index in [-0.39, 0.29) is 0 Å². The van der Waals surface area contributed by atoms with E-state index < -0.39 is 10.0 Å². The van der Waals surface area contributed by atoms with Crippen LogP contribution < -0.4 is 0 Å². The summed E-state index contributed by atoms with van der Waals surface area (Å²) in [6.45, 7) is 7.19. The molecule has 27 heavy (non-hydrogen) atoms. The Balaban J connectivity index is 1.42. The van der Waals surface area contributed by atoms with Crippen molar-refractivity contribution in [3.05, 3.63) is 58.6 Å². The predicted octanol–water partition coefficient (Wildman–Crippen LogP) is 3.42. The Morgan fingerprint density at radius 1 is 1.00 bits per heavy atom. The smallest absolute Gasteiger partial charge is 0.243 e. The summed E-state index contributed by atoms with van der Waals surface area (Å²) in [4.78, 5) is 7.36. The zero-order chi connectivity index (χ0) is 19.0. The lowest BCUT2D eigenvalue weighted by atomic mass is 10.1. The Bertz CT molecular complexity index is 1030. The van der Waals surface area contributed by atoms with Gasteiger partial charge in [-0.2, -0.15) is 4.31 Å². The fourth-order valence-corrected chi connectivity index (χ4v) is 5.85. The first kappa shape index (κ1) is 18.6. The summed E-state index contributed by atoms with van der Waals surface area (Å²) < 4.78 is 28.7. The number of para-hydroxylation sites is 1. The number of rotatable bonds is 4. The minimum absolute atomic E-state index is 0.394. The van der Waals surface area contributed by atoms with E-state index >= 15 is 0 Å². The molecule has 4 rings (SSSR count). The number of nitrogens with zero attached hydrogens (tertiary/aromatic N) is 3. The Morgan fingerprint density at radius 3 is 2.44 bits per heavy atom. The highest BCUT2D eigenvalue weighted by Gasteiger charge is 2.29. The van der Waals surface area contributed by atoms with Crippen LogP contribution in [0.1, 0.15) is 16.1 Å². The number of hydrogen-bond acceptors (Lipinski definition) is 5. The zero-order valence-corrected chi connectivity index (χ0v) is 17.2. The molecule has 7 heteroatoms. The van der Waals surface area contributed by atoms with E-state index in [2.05, 4.69) is 16.0 Å². The van der Waals surface area contributed by atoms with Crippen molar-refractivity contribution in [2.45, 2.75) is 25.3 Å². The lowest BCUT2D eigenvalue weighted by molar-refractivity contribution is 0.181. The average Bonchev–Trinajstić information content (AvgIpc) is 3.06. The fourth-order valence-electron chi connectivity index (χ4n) is 3.33. The highest BCUT2D eigenvalue weighted by atomic mass is 32.2. The van der Waals surface area contributed by atoms with Crippen molar-refractivity contribution in [3.63, 3.8) is 0 Å². The Morgan fingerprint density at radius 2 is 1.74 bits per heavy atom. The largest absolute Gasteiger partial charge is 0.294 e. The van der Waals surface area contributed by atoms with Crippen LogP contribution >= 0.6 is 11.3 Å². The van der Waals surface area contributed by atoms with Gasteiger partial charge < -0.3 is 0 Å². The van der Waals surface area contributed by atoms with Gasteiger partial charge >= 0.3 is 0 Å². The van der Waals surface area contributed by atoms with Crippen LogP contribution in [-0.4, -0.2) is 48.8 Å². The van der Waals surface area contributed by atoms with Crippen molar-refractivity contribution < 1.29 is 8.42 Å². The molecule has 3 aromatic rings. The van der Waals surface area contributed by atoms with Gasteiger partial charge in [0.2, 0.25) is 10.0 Å². The lowest BCUT2D eigenvalue weighted by Crippen LogP contribution is -2.48. The van der Waals surface area contributed by atoms with E-state index in [4.69, 9.17) is 0 Å². The Hall–Kier alpha value is -1.80. The lowest BCUT2D eigenvalue weighted by Gasteiger charge is -2.33. The molecule has 1 fully saturated rings. The molecule has 0 aliphatic carbocycles. The number of benzene rings is 2. The van der Waals surface area contributed by atoms with E-state index in [0.717, 1.165) is 41.3 Å². The van der Waals surface area contributed by atoms with Crippen LogP contribution in [0.15, 0.2) is 47.4 Å². The minimum Gasteiger partial charge on any atom is -0.294 e. The third-order valence-electron chi connectivity index (χ3n) is 5.14. The van der Waals surface area contributed by atoms with Gasteiger partial charge in [0, 0.05) is 26.2 Å². The second-order valence-corrected chi connectivity index (χ2v) is 10.1. The van der Waals surface area contributed by atoms with Gasteiger partial charge in [-0.3, -0.25) is 4.90 Å². The van der Waals surface area contributed by atoms with Gasteiger partial charge in [0.15, 0.2) is 0 Å². The van der Waals surface area contributed by atoms with E-state index in [1.807, 2.05) is 38.1 Å². The van der Waals surface area contributed by atoms with Gasteiger partial charge in [0.25, 0.3) is 0 Å². The molecule has 0 radical (unpaired) electrons. The molecular weight excluding hydrogens is 378 g/mol. The normalized spacial score (nSPS) is 16.8. The highest BCUT2D eigenvalue weighted by Crippen LogP contribution is 2.24. The van der Waals surface area contributed by atoms with Crippen LogP contribution in [-0.2, 0) is 16.6 Å². The summed E-state index contributed by atoms with van der Waals surface area (Å²) in [5.41, 5.74) is 3.15. The van der Waals surface area contributed by atoms with E-state index in [1.165, 1.54) is 4.70 Å². The molecule has 0 bridgehead atoms. The summed E-state index contributed by atoms with van der Waals surface area (Å²) in [7, 11) is -3.42. The molecular formula is C20H23N3O2S2. The summed E-state index contributed by atoms with van der Waals surface area (Å²) in [5, 5.41) is 1.08. The highest BCUT2D eigenvalue weighted by molar-refractivity contribution is 7.89. The van der Waals surface area contributed by atoms with E-state index in [9.17, 15) is 8.42 Å². The van der Waals surface area contributed by atoms with Crippen molar-refractivity contribution in [1.82, 2.24) is 14.2 Å². The molecule has 0 spiro atoms. The van der Waals surface area contributed by atoms with Crippen LogP contribution in [0.3, 0.4) is 0 Å². The summed E-state index contributed by atoms with van der Waals surface area (Å²) in [5.74, 6) is 0. The number of piperazine rings is 1. The standard InChI is InChI=1S/C20H23N3O2S2/c1-15-7-8-17(13-16(15)2)27(24,25)23-11-9-22(10-12-23)14-20-21-18-5-3-4-6-19(18)26-20/h3-8,13H,9-12,14H2,1-2H3. The monoisotopic (exact) mass is 401 g/mol. The predicted molar refractivity (Wildman–Crippen MR) is 110 cm³/mol. The minimum atomic E-state index is -3.42. The number of fused-ring (bicyclic) bond motifs is 1. The maximum absolute atomic E-state index is 12.9. The molecule has 0 saturated carbocycles. The molecule has 1 aliphatic heterocycles. The SMILES string of the molecule is Cc1ccc(S(=O)(=O)N2CCN(Cc3nc4ccccc4s3)CC2)cc1C.